The molecular weight excluding hydrogens is 319 g/mol. The van der Waals surface area contributed by atoms with E-state index in [1.54, 1.807) is 4.52 Å². The smallest absolute Gasteiger partial charge is 0.216 e. The normalized spacial score (nSPS) is 11.5. The fourth-order valence-electron chi connectivity index (χ4n) is 2.66. The van der Waals surface area contributed by atoms with Crippen LogP contribution in [-0.4, -0.2) is 19.6 Å². The summed E-state index contributed by atoms with van der Waals surface area (Å²) in [5.41, 5.74) is 3.64. The third-order valence-corrected chi connectivity index (χ3v) is 4.15. The van der Waals surface area contributed by atoms with E-state index in [9.17, 15) is 0 Å². The number of fused-ring (bicyclic) bond motifs is 1. The van der Waals surface area contributed by atoms with Crippen LogP contribution in [0.1, 0.15) is 25.2 Å². The summed E-state index contributed by atoms with van der Waals surface area (Å²) in [5.74, 6) is 1.05. The van der Waals surface area contributed by atoms with Crippen molar-refractivity contribution in [2.45, 2.75) is 27.2 Å². The minimum atomic E-state index is 0.453. The Balaban J connectivity index is 2.39. The summed E-state index contributed by atoms with van der Waals surface area (Å²) in [7, 11) is 0. The van der Waals surface area contributed by atoms with Crippen molar-refractivity contribution in [2.24, 2.45) is 5.92 Å². The lowest BCUT2D eigenvalue weighted by molar-refractivity contribution is 0.619. The topological polar surface area (TPSA) is 43.1 Å². The Morgan fingerprint density at radius 3 is 2.45 bits per heavy atom. The molecule has 0 atom stereocenters. The molecule has 0 aliphatic heterocycles. The first-order valence-corrected chi connectivity index (χ1v) is 7.88. The van der Waals surface area contributed by atoms with Gasteiger partial charge < -0.3 is 0 Å². The first-order valence-electron chi connectivity index (χ1n) is 7.12. The third-order valence-electron chi connectivity index (χ3n) is 3.52. The van der Waals surface area contributed by atoms with Crippen molar-refractivity contribution in [1.82, 2.24) is 19.6 Å². The van der Waals surface area contributed by atoms with Crippen molar-refractivity contribution >= 4 is 29.0 Å². The first kappa shape index (κ1) is 15.3. The second-order valence-corrected chi connectivity index (χ2v) is 6.50. The highest BCUT2D eigenvalue weighted by Crippen LogP contribution is 2.38. The molecule has 0 bridgehead atoms. The van der Waals surface area contributed by atoms with E-state index in [0.717, 1.165) is 28.9 Å². The number of rotatable bonds is 3. The molecule has 0 unspecified atom stereocenters. The fourth-order valence-corrected chi connectivity index (χ4v) is 3.25. The molecule has 2 heterocycles. The lowest BCUT2D eigenvalue weighted by Gasteiger charge is -2.17. The first-order chi connectivity index (χ1) is 10.5. The average molecular weight is 335 g/mol. The predicted octanol–water partition coefficient (Wildman–Crippen LogP) is 4.61. The van der Waals surface area contributed by atoms with Crippen LogP contribution in [0.3, 0.4) is 0 Å². The Morgan fingerprint density at radius 1 is 1.14 bits per heavy atom. The van der Waals surface area contributed by atoms with Crippen LogP contribution in [-0.2, 0) is 6.42 Å². The summed E-state index contributed by atoms with van der Waals surface area (Å²) >= 11 is 12.8. The quantitative estimate of drug-likeness (QED) is 0.702. The van der Waals surface area contributed by atoms with E-state index >= 15 is 0 Å². The van der Waals surface area contributed by atoms with E-state index in [1.165, 1.54) is 6.33 Å². The highest BCUT2D eigenvalue weighted by atomic mass is 35.5. The maximum Gasteiger partial charge on any atom is 0.252 e. The summed E-state index contributed by atoms with van der Waals surface area (Å²) in [4.78, 5) is 8.74. The minimum absolute atomic E-state index is 0.453. The number of aryl methyl sites for hydroxylation is 1. The monoisotopic (exact) mass is 334 g/mol. The van der Waals surface area contributed by atoms with Crippen LogP contribution in [0, 0.1) is 12.8 Å². The molecule has 0 radical (unpaired) electrons. The van der Waals surface area contributed by atoms with Gasteiger partial charge in [-0.2, -0.15) is 10.1 Å². The summed E-state index contributed by atoms with van der Waals surface area (Å²) < 4.78 is 1.78. The minimum Gasteiger partial charge on any atom is -0.216 e. The Kier molecular flexibility index (Phi) is 4.06. The van der Waals surface area contributed by atoms with Gasteiger partial charge in [-0.1, -0.05) is 43.1 Å². The largest absolute Gasteiger partial charge is 0.252 e. The van der Waals surface area contributed by atoms with Crippen LogP contribution in [0.5, 0.6) is 0 Å². The van der Waals surface area contributed by atoms with Crippen molar-refractivity contribution in [3.8, 4) is 11.1 Å². The number of benzene rings is 1. The molecule has 3 rings (SSSR count). The Bertz CT molecular complexity index is 819. The van der Waals surface area contributed by atoms with Gasteiger partial charge >= 0.3 is 0 Å². The molecule has 0 N–H and O–H groups in total. The van der Waals surface area contributed by atoms with E-state index in [1.807, 2.05) is 25.1 Å². The number of nitrogens with zero attached hydrogens (tertiary/aromatic N) is 4. The SMILES string of the molecule is Cc1nc2ncnn2c(CC(C)C)c1-c1c(Cl)cccc1Cl. The molecule has 6 heteroatoms. The van der Waals surface area contributed by atoms with Crippen LogP contribution < -0.4 is 0 Å². The van der Waals surface area contributed by atoms with Gasteiger partial charge in [-0.3, -0.25) is 0 Å². The van der Waals surface area contributed by atoms with Crippen LogP contribution in [0.15, 0.2) is 24.5 Å². The second kappa shape index (κ2) is 5.86. The zero-order chi connectivity index (χ0) is 15.9. The van der Waals surface area contributed by atoms with Crippen molar-refractivity contribution in [3.63, 3.8) is 0 Å². The highest BCUT2D eigenvalue weighted by molar-refractivity contribution is 6.39. The molecule has 0 fully saturated rings. The van der Waals surface area contributed by atoms with Crippen LogP contribution >= 0.6 is 23.2 Å². The zero-order valence-corrected chi connectivity index (χ0v) is 14.2. The Labute approximate surface area is 139 Å². The maximum atomic E-state index is 6.41. The van der Waals surface area contributed by atoms with Crippen molar-refractivity contribution in [2.75, 3.05) is 0 Å². The summed E-state index contributed by atoms with van der Waals surface area (Å²) in [6.45, 7) is 6.28. The van der Waals surface area contributed by atoms with E-state index in [4.69, 9.17) is 23.2 Å². The summed E-state index contributed by atoms with van der Waals surface area (Å²) in [5, 5.41) is 5.54. The van der Waals surface area contributed by atoms with E-state index in [0.29, 0.717) is 21.7 Å². The van der Waals surface area contributed by atoms with Gasteiger partial charge in [0.15, 0.2) is 0 Å². The molecule has 0 amide bonds. The van der Waals surface area contributed by atoms with Gasteiger partial charge in [0.25, 0.3) is 5.78 Å². The third kappa shape index (κ3) is 2.57. The molecule has 4 nitrogen and oxygen atoms in total. The molecule has 0 spiro atoms. The van der Waals surface area contributed by atoms with Gasteiger partial charge in [0, 0.05) is 11.1 Å². The van der Waals surface area contributed by atoms with Gasteiger partial charge in [-0.05, 0) is 31.4 Å². The molecule has 0 aliphatic rings. The Hall–Kier alpha value is -1.65. The number of aromatic nitrogens is 4. The van der Waals surface area contributed by atoms with Gasteiger partial charge in [0.05, 0.1) is 21.4 Å². The number of halogens is 2. The molecule has 0 aliphatic carbocycles. The molecule has 0 saturated heterocycles. The van der Waals surface area contributed by atoms with Gasteiger partial charge in [-0.15, -0.1) is 0 Å². The summed E-state index contributed by atoms with van der Waals surface area (Å²) in [6.07, 6.45) is 2.35. The lowest BCUT2D eigenvalue weighted by atomic mass is 9.96. The summed E-state index contributed by atoms with van der Waals surface area (Å²) in [6, 6.07) is 5.52. The van der Waals surface area contributed by atoms with Crippen molar-refractivity contribution in [1.29, 1.82) is 0 Å². The van der Waals surface area contributed by atoms with Gasteiger partial charge in [-0.25, -0.2) is 9.50 Å². The van der Waals surface area contributed by atoms with E-state index in [2.05, 4.69) is 28.9 Å². The fraction of sp³-hybridized carbons (Fsp3) is 0.312. The van der Waals surface area contributed by atoms with Gasteiger partial charge in [0.2, 0.25) is 0 Å². The molecule has 3 aromatic rings. The number of hydrogen-bond donors (Lipinski definition) is 0. The van der Waals surface area contributed by atoms with Gasteiger partial charge in [0.1, 0.15) is 6.33 Å². The van der Waals surface area contributed by atoms with Crippen molar-refractivity contribution < 1.29 is 0 Å². The molecule has 114 valence electrons. The zero-order valence-electron chi connectivity index (χ0n) is 12.6. The van der Waals surface area contributed by atoms with E-state index in [-0.39, 0.29) is 0 Å². The van der Waals surface area contributed by atoms with Crippen LogP contribution in [0.2, 0.25) is 10.0 Å². The predicted molar refractivity (Wildman–Crippen MR) is 89.5 cm³/mol. The van der Waals surface area contributed by atoms with E-state index < -0.39 is 0 Å². The van der Waals surface area contributed by atoms with Crippen LogP contribution in [0.25, 0.3) is 16.9 Å². The lowest BCUT2D eigenvalue weighted by Crippen LogP contribution is -2.09. The molecular formula is C16H16Cl2N4. The van der Waals surface area contributed by atoms with Crippen LogP contribution in [0.4, 0.5) is 0 Å². The molecule has 22 heavy (non-hydrogen) atoms. The van der Waals surface area contributed by atoms with Crippen molar-refractivity contribution in [3.05, 3.63) is 46.0 Å². The standard InChI is InChI=1S/C16H16Cl2N4/c1-9(2)7-13-14(15-11(17)5-4-6-12(15)18)10(3)21-16-19-8-20-22(13)16/h4-6,8-9H,7H2,1-3H3. The number of hydrogen-bond acceptors (Lipinski definition) is 3. The highest BCUT2D eigenvalue weighted by Gasteiger charge is 2.20. The Morgan fingerprint density at radius 2 is 1.82 bits per heavy atom. The molecule has 1 aromatic carbocycles. The average Bonchev–Trinajstić information content (AvgIpc) is 2.88. The molecule has 2 aromatic heterocycles. The second-order valence-electron chi connectivity index (χ2n) is 5.69. The molecule has 0 saturated carbocycles. The maximum absolute atomic E-state index is 6.41.